The van der Waals surface area contributed by atoms with Crippen LogP contribution in [-0.4, -0.2) is 21.8 Å². The molecule has 0 aliphatic carbocycles. The number of thiocarbonyl (C=S) groups is 1. The fourth-order valence-corrected chi connectivity index (χ4v) is 3.44. The maximum absolute atomic E-state index is 12.6. The fraction of sp³-hybridized carbons (Fsp3) is 0. The van der Waals surface area contributed by atoms with E-state index < -0.39 is 11.8 Å². The van der Waals surface area contributed by atoms with Crippen LogP contribution >= 0.6 is 46.8 Å². The number of benzene rings is 1. The second-order valence-corrected chi connectivity index (χ2v) is 6.78. The summed E-state index contributed by atoms with van der Waals surface area (Å²) in [5.74, 6) is -1.11. The van der Waals surface area contributed by atoms with Crippen molar-refractivity contribution in [3.8, 4) is 0 Å². The van der Waals surface area contributed by atoms with Gasteiger partial charge in [0.15, 0.2) is 5.11 Å². The number of hydrogen-bond donors (Lipinski definition) is 1. The average molecular weight is 383 g/mol. The highest BCUT2D eigenvalue weighted by atomic mass is 35.5. The van der Waals surface area contributed by atoms with Crippen LogP contribution in [0.4, 0.5) is 0 Å². The Bertz CT molecular complexity index is 847. The summed E-state index contributed by atoms with van der Waals surface area (Å²) in [5, 5.41) is 5.23. The average Bonchev–Trinajstić information content (AvgIpc) is 3.08. The number of halogens is 2. The van der Waals surface area contributed by atoms with Crippen LogP contribution in [0.15, 0.2) is 41.4 Å². The molecule has 8 heteroatoms. The second-order valence-electron chi connectivity index (χ2n) is 4.57. The van der Waals surface area contributed by atoms with E-state index in [1.807, 2.05) is 17.5 Å². The first kappa shape index (κ1) is 16.1. The molecular weight excluding hydrogens is 375 g/mol. The third kappa shape index (κ3) is 3.16. The number of nitrogens with one attached hydrogen (secondary N) is 1. The fourth-order valence-electron chi connectivity index (χ4n) is 2.02. The highest BCUT2D eigenvalue weighted by Gasteiger charge is 2.37. The molecule has 0 unspecified atom stereocenters. The summed E-state index contributed by atoms with van der Waals surface area (Å²) in [7, 11) is 0. The molecule has 0 spiro atoms. The third-order valence-corrected chi connectivity index (χ3v) is 4.72. The summed E-state index contributed by atoms with van der Waals surface area (Å²) in [6, 6.07) is 8.15. The van der Waals surface area contributed by atoms with Gasteiger partial charge in [-0.2, -0.15) is 0 Å². The Kier molecular flexibility index (Phi) is 4.50. The SMILES string of the molecule is O=C1/C(=C\c2cccs2)NC(=S)N1C(=O)c1ccc(Cl)cc1Cl. The molecule has 0 radical (unpaired) electrons. The van der Waals surface area contributed by atoms with Crippen LogP contribution in [0.5, 0.6) is 0 Å². The summed E-state index contributed by atoms with van der Waals surface area (Å²) in [4.78, 5) is 26.8. The Morgan fingerprint density at radius 1 is 1.30 bits per heavy atom. The molecule has 0 atom stereocenters. The molecule has 23 heavy (non-hydrogen) atoms. The predicted molar refractivity (Wildman–Crippen MR) is 95.7 cm³/mol. The third-order valence-electron chi connectivity index (χ3n) is 3.07. The molecular formula is C15H8Cl2N2O2S2. The van der Waals surface area contributed by atoms with Gasteiger partial charge in [0.1, 0.15) is 5.70 Å². The monoisotopic (exact) mass is 382 g/mol. The van der Waals surface area contributed by atoms with E-state index in [1.54, 1.807) is 6.08 Å². The number of carbonyl (C=O) groups is 2. The van der Waals surface area contributed by atoms with Crippen LogP contribution in [0.25, 0.3) is 6.08 Å². The summed E-state index contributed by atoms with van der Waals surface area (Å²) < 4.78 is 0. The Balaban J connectivity index is 1.92. The van der Waals surface area contributed by atoms with Crippen molar-refractivity contribution in [3.05, 3.63) is 61.9 Å². The summed E-state index contributed by atoms with van der Waals surface area (Å²) in [5.41, 5.74) is 0.404. The van der Waals surface area contributed by atoms with Gasteiger partial charge in [-0.15, -0.1) is 11.3 Å². The van der Waals surface area contributed by atoms with E-state index in [0.29, 0.717) is 5.02 Å². The van der Waals surface area contributed by atoms with E-state index in [4.69, 9.17) is 35.4 Å². The van der Waals surface area contributed by atoms with Gasteiger partial charge in [0.05, 0.1) is 10.6 Å². The summed E-state index contributed by atoms with van der Waals surface area (Å²) in [6.07, 6.45) is 1.65. The minimum Gasteiger partial charge on any atom is -0.327 e. The van der Waals surface area contributed by atoms with Gasteiger partial charge in [0, 0.05) is 9.90 Å². The van der Waals surface area contributed by atoms with E-state index in [0.717, 1.165) is 9.78 Å². The van der Waals surface area contributed by atoms with E-state index in [9.17, 15) is 9.59 Å². The number of amides is 2. The lowest BCUT2D eigenvalue weighted by Gasteiger charge is -2.13. The molecule has 1 aliphatic rings. The molecule has 1 aromatic carbocycles. The maximum atomic E-state index is 12.6. The van der Waals surface area contributed by atoms with Crippen LogP contribution in [0.2, 0.25) is 10.0 Å². The molecule has 2 heterocycles. The molecule has 0 saturated carbocycles. The normalized spacial score (nSPS) is 16.1. The van der Waals surface area contributed by atoms with Crippen LogP contribution in [-0.2, 0) is 4.79 Å². The van der Waals surface area contributed by atoms with E-state index >= 15 is 0 Å². The largest absolute Gasteiger partial charge is 0.327 e. The molecule has 4 nitrogen and oxygen atoms in total. The Hall–Kier alpha value is -1.73. The van der Waals surface area contributed by atoms with Gasteiger partial charge < -0.3 is 5.32 Å². The van der Waals surface area contributed by atoms with Crippen LogP contribution < -0.4 is 5.32 Å². The number of imide groups is 1. The molecule has 3 rings (SSSR count). The quantitative estimate of drug-likeness (QED) is 0.485. The standard InChI is InChI=1S/C15H8Cl2N2O2S2/c16-8-3-4-10(11(17)6-8)13(20)19-14(21)12(18-15(19)22)7-9-2-1-5-23-9/h1-7H,(H,18,22)/b12-7+. The van der Waals surface area contributed by atoms with Gasteiger partial charge in [-0.25, -0.2) is 4.90 Å². The van der Waals surface area contributed by atoms with Crippen molar-refractivity contribution in [2.24, 2.45) is 0 Å². The first-order valence-corrected chi connectivity index (χ1v) is 8.42. The zero-order valence-corrected chi connectivity index (χ0v) is 14.5. The number of hydrogen-bond acceptors (Lipinski definition) is 4. The molecule has 1 aliphatic heterocycles. The minimum absolute atomic E-state index is 0.0221. The van der Waals surface area contributed by atoms with Crippen molar-refractivity contribution in [1.82, 2.24) is 10.2 Å². The highest BCUT2D eigenvalue weighted by Crippen LogP contribution is 2.25. The lowest BCUT2D eigenvalue weighted by atomic mass is 10.2. The Morgan fingerprint density at radius 3 is 2.74 bits per heavy atom. The smallest absolute Gasteiger partial charge is 0.283 e. The van der Waals surface area contributed by atoms with Gasteiger partial charge >= 0.3 is 0 Å². The zero-order chi connectivity index (χ0) is 16.6. The van der Waals surface area contributed by atoms with E-state index in [-0.39, 0.29) is 21.4 Å². The van der Waals surface area contributed by atoms with Gasteiger partial charge in [0.2, 0.25) is 0 Å². The van der Waals surface area contributed by atoms with Gasteiger partial charge in [-0.3, -0.25) is 9.59 Å². The second kappa shape index (κ2) is 6.41. The van der Waals surface area contributed by atoms with Crippen LogP contribution in [0.1, 0.15) is 15.2 Å². The van der Waals surface area contributed by atoms with Gasteiger partial charge in [-0.05, 0) is 47.9 Å². The first-order valence-electron chi connectivity index (χ1n) is 6.37. The van der Waals surface area contributed by atoms with Crippen LogP contribution in [0.3, 0.4) is 0 Å². The van der Waals surface area contributed by atoms with Crippen LogP contribution in [0, 0.1) is 0 Å². The zero-order valence-electron chi connectivity index (χ0n) is 11.4. The molecule has 1 fully saturated rings. The number of rotatable bonds is 2. The number of carbonyl (C=O) groups excluding carboxylic acids is 2. The van der Waals surface area contributed by atoms with Crippen molar-refractivity contribution in [1.29, 1.82) is 0 Å². The van der Waals surface area contributed by atoms with Crippen molar-refractivity contribution in [3.63, 3.8) is 0 Å². The molecule has 2 amide bonds. The number of nitrogens with zero attached hydrogens (tertiary/aromatic N) is 1. The predicted octanol–water partition coefficient (Wildman–Crippen LogP) is 3.95. The molecule has 1 N–H and O–H groups in total. The summed E-state index contributed by atoms with van der Waals surface area (Å²) >= 11 is 18.4. The highest BCUT2D eigenvalue weighted by molar-refractivity contribution is 7.80. The summed E-state index contributed by atoms with van der Waals surface area (Å²) in [6.45, 7) is 0. The molecule has 1 aromatic heterocycles. The molecule has 1 saturated heterocycles. The molecule has 2 aromatic rings. The number of thiophene rings is 1. The van der Waals surface area contributed by atoms with Gasteiger partial charge in [0.25, 0.3) is 11.8 Å². The van der Waals surface area contributed by atoms with Gasteiger partial charge in [-0.1, -0.05) is 29.3 Å². The first-order chi connectivity index (χ1) is 11.0. The maximum Gasteiger partial charge on any atom is 0.283 e. The van der Waals surface area contributed by atoms with Crippen molar-refractivity contribution in [2.75, 3.05) is 0 Å². The van der Waals surface area contributed by atoms with E-state index in [2.05, 4.69) is 5.32 Å². The van der Waals surface area contributed by atoms with Crippen molar-refractivity contribution < 1.29 is 9.59 Å². The lowest BCUT2D eigenvalue weighted by molar-refractivity contribution is -0.120. The van der Waals surface area contributed by atoms with Crippen molar-refractivity contribution >= 4 is 69.8 Å². The topological polar surface area (TPSA) is 49.4 Å². The Labute approximate surface area is 151 Å². The van der Waals surface area contributed by atoms with Crippen molar-refractivity contribution in [2.45, 2.75) is 0 Å². The molecule has 0 bridgehead atoms. The Morgan fingerprint density at radius 2 is 2.09 bits per heavy atom. The van der Waals surface area contributed by atoms with E-state index in [1.165, 1.54) is 29.5 Å². The minimum atomic E-state index is -0.594. The molecule has 116 valence electrons. The lowest BCUT2D eigenvalue weighted by Crippen LogP contribution is -2.36.